The average molecular weight is 544 g/mol. The minimum atomic E-state index is -1.24. The number of carbonyl (C=O) groups is 3. The molecule has 0 saturated carbocycles. The normalized spacial score (nSPS) is 19.6. The number of carbonyl (C=O) groups excluding carboxylic acids is 2. The number of nitrogens with zero attached hydrogens (tertiary/aromatic N) is 4. The van der Waals surface area contributed by atoms with Gasteiger partial charge in [0.2, 0.25) is 5.89 Å². The van der Waals surface area contributed by atoms with Crippen LogP contribution in [0, 0.1) is 0 Å². The van der Waals surface area contributed by atoms with Crippen molar-refractivity contribution in [2.24, 2.45) is 5.16 Å². The molecule has 2 aliphatic rings. The van der Waals surface area contributed by atoms with Crippen LogP contribution in [0.5, 0.6) is 0 Å². The van der Waals surface area contributed by atoms with Crippen molar-refractivity contribution in [1.82, 2.24) is 20.4 Å². The smallest absolute Gasteiger partial charge is 0.352 e. The van der Waals surface area contributed by atoms with E-state index in [2.05, 4.69) is 20.7 Å². The van der Waals surface area contributed by atoms with E-state index in [9.17, 15) is 24.7 Å². The molecule has 36 heavy (non-hydrogen) atoms. The van der Waals surface area contributed by atoms with Crippen LogP contribution in [-0.2, 0) is 14.4 Å². The van der Waals surface area contributed by atoms with Crippen molar-refractivity contribution in [3.05, 3.63) is 64.0 Å². The third kappa shape index (κ3) is 4.50. The van der Waals surface area contributed by atoms with Crippen molar-refractivity contribution >= 4 is 58.4 Å². The molecular weight excluding hydrogens is 526 g/mol. The van der Waals surface area contributed by atoms with Gasteiger partial charge in [0.15, 0.2) is 5.71 Å². The van der Waals surface area contributed by atoms with Gasteiger partial charge in [-0.25, -0.2) is 4.79 Å². The molecule has 1 aromatic carbocycles. The molecule has 0 bridgehead atoms. The lowest BCUT2D eigenvalue weighted by Gasteiger charge is -2.49. The molecule has 2 aromatic heterocycles. The van der Waals surface area contributed by atoms with E-state index < -0.39 is 29.2 Å². The van der Waals surface area contributed by atoms with Crippen molar-refractivity contribution < 1.29 is 29.1 Å². The van der Waals surface area contributed by atoms with Crippen LogP contribution in [0.15, 0.2) is 73.9 Å². The van der Waals surface area contributed by atoms with Crippen molar-refractivity contribution in [3.8, 4) is 11.5 Å². The summed E-state index contributed by atoms with van der Waals surface area (Å²) in [6.45, 7) is 0. The highest BCUT2D eigenvalue weighted by molar-refractivity contribution is 8.01. The van der Waals surface area contributed by atoms with Crippen LogP contribution in [0.3, 0.4) is 0 Å². The summed E-state index contributed by atoms with van der Waals surface area (Å²) in [6.07, 6.45) is 0. The van der Waals surface area contributed by atoms with E-state index in [-0.39, 0.29) is 22.4 Å². The van der Waals surface area contributed by atoms with Crippen molar-refractivity contribution in [3.63, 3.8) is 0 Å². The van der Waals surface area contributed by atoms with Gasteiger partial charge in [-0.05, 0) is 29.2 Å². The van der Waals surface area contributed by atoms with E-state index in [0.717, 1.165) is 5.56 Å². The fourth-order valence-corrected chi connectivity index (χ4v) is 6.69. The first-order valence-electron chi connectivity index (χ1n) is 10.5. The summed E-state index contributed by atoms with van der Waals surface area (Å²) in [5, 5.41) is 34.2. The maximum absolute atomic E-state index is 12.9. The highest BCUT2D eigenvalue weighted by atomic mass is 32.2. The monoisotopic (exact) mass is 543 g/mol. The summed E-state index contributed by atoms with van der Waals surface area (Å²) < 4.78 is 5.67. The molecule has 3 aromatic rings. The van der Waals surface area contributed by atoms with Crippen LogP contribution in [0.25, 0.3) is 11.5 Å². The second-order valence-electron chi connectivity index (χ2n) is 7.57. The van der Waals surface area contributed by atoms with Crippen LogP contribution >= 0.6 is 34.9 Å². The van der Waals surface area contributed by atoms with Gasteiger partial charge in [-0.1, -0.05) is 41.2 Å². The summed E-state index contributed by atoms with van der Waals surface area (Å²) in [6, 6.07) is 11.6. The number of fused-ring (bicyclic) bond motifs is 1. The van der Waals surface area contributed by atoms with E-state index in [1.54, 1.807) is 17.5 Å². The number of amides is 2. The van der Waals surface area contributed by atoms with Crippen LogP contribution in [-0.4, -0.2) is 71.8 Å². The fourth-order valence-electron chi connectivity index (χ4n) is 3.74. The zero-order chi connectivity index (χ0) is 25.2. The van der Waals surface area contributed by atoms with Crippen LogP contribution in [0.4, 0.5) is 0 Å². The molecule has 1 saturated heterocycles. The molecule has 0 radical (unpaired) electrons. The molecule has 0 unspecified atom stereocenters. The molecule has 2 atom stereocenters. The molecule has 3 N–H and O–H groups in total. The van der Waals surface area contributed by atoms with Gasteiger partial charge in [0.25, 0.3) is 17.0 Å². The molecular formula is C22H17N5O6S3. The highest BCUT2D eigenvalue weighted by Gasteiger charge is 2.54. The molecule has 184 valence electrons. The van der Waals surface area contributed by atoms with Gasteiger partial charge in [-0.15, -0.1) is 33.3 Å². The molecule has 0 aliphatic carbocycles. The molecule has 4 heterocycles. The van der Waals surface area contributed by atoms with Crippen molar-refractivity contribution in [1.29, 1.82) is 0 Å². The van der Waals surface area contributed by atoms with Gasteiger partial charge in [0.1, 0.15) is 17.1 Å². The average Bonchev–Trinajstić information content (AvgIpc) is 3.59. The Hall–Kier alpha value is -3.62. The molecule has 5 rings (SSSR count). The van der Waals surface area contributed by atoms with Crippen molar-refractivity contribution in [2.45, 2.75) is 16.6 Å². The number of thioether (sulfide) groups is 2. The second kappa shape index (κ2) is 10.2. The summed E-state index contributed by atoms with van der Waals surface area (Å²) in [4.78, 5) is 39.2. The zero-order valence-electron chi connectivity index (χ0n) is 18.2. The van der Waals surface area contributed by atoms with Gasteiger partial charge in [-0.2, -0.15) is 0 Å². The van der Waals surface area contributed by atoms with Gasteiger partial charge in [-0.3, -0.25) is 14.5 Å². The maximum Gasteiger partial charge on any atom is 0.352 e. The number of thiophene rings is 1. The van der Waals surface area contributed by atoms with Gasteiger partial charge >= 0.3 is 5.97 Å². The van der Waals surface area contributed by atoms with Crippen LogP contribution < -0.4 is 5.32 Å². The summed E-state index contributed by atoms with van der Waals surface area (Å²) in [5.74, 6) is -1.58. The molecule has 11 nitrogen and oxygen atoms in total. The minimum absolute atomic E-state index is 0.112. The SMILES string of the molecule is O=C(O)C1=C(CSc2nnc(-c3ccccc3)o2)CS[C@@H]2[C@H](NC(=O)/C(=N/O)c3cccs3)C(=O)N12. The minimum Gasteiger partial charge on any atom is -0.477 e. The lowest BCUT2D eigenvalue weighted by atomic mass is 10.0. The van der Waals surface area contributed by atoms with E-state index in [1.165, 1.54) is 39.8 Å². The quantitative estimate of drug-likeness (QED) is 0.127. The number of benzene rings is 1. The number of nitrogens with one attached hydrogen (secondary N) is 1. The predicted molar refractivity (Wildman–Crippen MR) is 133 cm³/mol. The molecule has 14 heteroatoms. The van der Waals surface area contributed by atoms with Crippen LogP contribution in [0.2, 0.25) is 0 Å². The van der Waals surface area contributed by atoms with Crippen molar-refractivity contribution in [2.75, 3.05) is 11.5 Å². The molecule has 2 amide bonds. The first-order chi connectivity index (χ1) is 17.5. The second-order valence-corrected chi connectivity index (χ2v) is 10.6. The number of rotatable bonds is 8. The number of carboxylic acids is 1. The first-order valence-corrected chi connectivity index (χ1v) is 13.4. The lowest BCUT2D eigenvalue weighted by molar-refractivity contribution is -0.150. The Morgan fingerprint density at radius 3 is 2.72 bits per heavy atom. The Kier molecular flexibility index (Phi) is 6.80. The Morgan fingerprint density at radius 2 is 2.03 bits per heavy atom. The Morgan fingerprint density at radius 1 is 1.22 bits per heavy atom. The maximum atomic E-state index is 12.9. The highest BCUT2D eigenvalue weighted by Crippen LogP contribution is 2.41. The number of aromatic nitrogens is 2. The zero-order valence-corrected chi connectivity index (χ0v) is 20.7. The van der Waals surface area contributed by atoms with Gasteiger partial charge < -0.3 is 20.0 Å². The number of aliphatic carboxylic acids is 1. The van der Waals surface area contributed by atoms with E-state index in [1.807, 2.05) is 30.3 Å². The number of hydrogen-bond acceptors (Lipinski definition) is 11. The third-order valence-corrected chi connectivity index (χ3v) is 8.52. The summed E-state index contributed by atoms with van der Waals surface area (Å²) in [7, 11) is 0. The Bertz CT molecular complexity index is 1370. The Labute approximate surface area is 216 Å². The van der Waals surface area contributed by atoms with Gasteiger partial charge in [0, 0.05) is 17.1 Å². The summed E-state index contributed by atoms with van der Waals surface area (Å²) in [5.41, 5.74) is 0.977. The van der Waals surface area contributed by atoms with Gasteiger partial charge in [0.05, 0.1) is 4.88 Å². The predicted octanol–water partition coefficient (Wildman–Crippen LogP) is 2.51. The number of hydrogen-bond donors (Lipinski definition) is 3. The largest absolute Gasteiger partial charge is 0.477 e. The molecule has 0 spiro atoms. The first kappa shape index (κ1) is 24.1. The number of carboxylic acid groups (broad SMARTS) is 1. The summed E-state index contributed by atoms with van der Waals surface area (Å²) >= 11 is 3.74. The third-order valence-electron chi connectivity index (χ3n) is 5.40. The standard InChI is InChI=1S/C22H17N5O6S3/c28-17(14(26-32)13-7-4-8-34-13)23-15-19(29)27-16(21(30)31)12(9-35-20(15)27)10-36-22-25-24-18(33-22)11-5-2-1-3-6-11/h1-8,15,20,32H,9-10H2,(H,23,28)(H,30,31)/b26-14+/t15-,20-/m1/s1. The Balaban J connectivity index is 1.28. The molecule has 1 fully saturated rings. The van der Waals surface area contributed by atoms with E-state index in [4.69, 9.17) is 4.42 Å². The van der Waals surface area contributed by atoms with E-state index in [0.29, 0.717) is 22.1 Å². The lowest BCUT2D eigenvalue weighted by Crippen LogP contribution is -2.71. The topological polar surface area (TPSA) is 158 Å². The fraction of sp³-hybridized carbons (Fsp3) is 0.182. The number of β-lactam (4-membered cyclic amide) rings is 1. The number of oxime groups is 1. The molecule has 2 aliphatic heterocycles. The van der Waals surface area contributed by atoms with Crippen LogP contribution in [0.1, 0.15) is 4.88 Å². The van der Waals surface area contributed by atoms with E-state index >= 15 is 0 Å².